The highest BCUT2D eigenvalue weighted by Gasteiger charge is 2.15. The van der Waals surface area contributed by atoms with Crippen LogP contribution in [0.5, 0.6) is 0 Å². The summed E-state index contributed by atoms with van der Waals surface area (Å²) in [7, 11) is 1.39. The van der Waals surface area contributed by atoms with Crippen molar-refractivity contribution in [3.05, 3.63) is 0 Å². The summed E-state index contributed by atoms with van der Waals surface area (Å²) in [6.45, 7) is 2.15. The van der Waals surface area contributed by atoms with Crippen molar-refractivity contribution in [3.63, 3.8) is 0 Å². The minimum absolute atomic E-state index is 0.184. The number of hydrogen-bond acceptors (Lipinski definition) is 4. The topological polar surface area (TPSA) is 66.8 Å². The Kier molecular flexibility index (Phi) is 12.0. The zero-order valence-corrected chi connectivity index (χ0v) is 12.4. The fourth-order valence-corrected chi connectivity index (χ4v) is 2.07. The van der Waals surface area contributed by atoms with Gasteiger partial charge in [-0.2, -0.15) is 0 Å². The normalized spacial score (nSPS) is 14.1. The van der Waals surface area contributed by atoms with Crippen LogP contribution in [0.4, 0.5) is 0 Å². The van der Waals surface area contributed by atoms with E-state index in [1.54, 1.807) is 0 Å². The van der Waals surface area contributed by atoms with Crippen LogP contribution < -0.4 is 0 Å². The molecular formula is C15H30O4. The molecule has 0 saturated carbocycles. The van der Waals surface area contributed by atoms with Gasteiger partial charge in [-0.15, -0.1) is 0 Å². The third-order valence-electron chi connectivity index (χ3n) is 3.41. The fourth-order valence-electron chi connectivity index (χ4n) is 2.07. The van der Waals surface area contributed by atoms with Gasteiger partial charge < -0.3 is 14.9 Å². The van der Waals surface area contributed by atoms with Crippen LogP contribution in [0.3, 0.4) is 0 Å². The summed E-state index contributed by atoms with van der Waals surface area (Å²) in [5.41, 5.74) is 0. The number of ether oxygens (including phenoxy) is 1. The molecule has 0 aliphatic carbocycles. The molecule has 0 rings (SSSR count). The van der Waals surface area contributed by atoms with E-state index < -0.39 is 12.2 Å². The second kappa shape index (κ2) is 12.4. The average molecular weight is 274 g/mol. The molecule has 0 heterocycles. The zero-order valence-electron chi connectivity index (χ0n) is 12.4. The Balaban J connectivity index is 3.45. The van der Waals surface area contributed by atoms with Gasteiger partial charge in [0.2, 0.25) is 0 Å². The molecule has 0 aliphatic heterocycles. The molecular weight excluding hydrogens is 244 g/mol. The number of rotatable bonds is 12. The minimum atomic E-state index is -0.625. The molecule has 0 amide bonds. The van der Waals surface area contributed by atoms with Crippen molar-refractivity contribution in [2.24, 2.45) is 0 Å². The maximum absolute atomic E-state index is 10.9. The Hall–Kier alpha value is -0.610. The van der Waals surface area contributed by atoms with Gasteiger partial charge in [0, 0.05) is 6.42 Å². The molecule has 2 atom stereocenters. The second-order valence-corrected chi connectivity index (χ2v) is 5.16. The number of aliphatic hydroxyl groups excluding tert-OH is 2. The number of aliphatic hydroxyl groups is 2. The van der Waals surface area contributed by atoms with Crippen LogP contribution in [-0.2, 0) is 9.53 Å². The molecule has 19 heavy (non-hydrogen) atoms. The highest BCUT2D eigenvalue weighted by molar-refractivity contribution is 5.68. The molecule has 0 aromatic heterocycles. The number of esters is 1. The van der Waals surface area contributed by atoms with Gasteiger partial charge in [0.25, 0.3) is 0 Å². The first-order chi connectivity index (χ1) is 9.11. The van der Waals surface area contributed by atoms with E-state index in [2.05, 4.69) is 11.7 Å². The van der Waals surface area contributed by atoms with Gasteiger partial charge in [0.1, 0.15) is 0 Å². The van der Waals surface area contributed by atoms with Crippen LogP contribution in [0.2, 0.25) is 0 Å². The van der Waals surface area contributed by atoms with Crippen LogP contribution in [-0.4, -0.2) is 35.5 Å². The summed E-state index contributed by atoms with van der Waals surface area (Å²) in [5, 5.41) is 19.6. The molecule has 0 radical (unpaired) electrons. The van der Waals surface area contributed by atoms with Gasteiger partial charge in [0.15, 0.2) is 0 Å². The summed E-state index contributed by atoms with van der Waals surface area (Å²) in [6, 6.07) is 0. The van der Waals surface area contributed by atoms with E-state index >= 15 is 0 Å². The maximum Gasteiger partial charge on any atom is 0.305 e. The smallest absolute Gasteiger partial charge is 0.305 e. The Morgan fingerprint density at radius 1 is 0.947 bits per heavy atom. The lowest BCUT2D eigenvalue weighted by Crippen LogP contribution is -2.25. The Labute approximate surface area is 117 Å². The lowest BCUT2D eigenvalue weighted by Gasteiger charge is -2.17. The van der Waals surface area contributed by atoms with Gasteiger partial charge in [-0.05, 0) is 19.3 Å². The van der Waals surface area contributed by atoms with Crippen molar-refractivity contribution in [1.82, 2.24) is 0 Å². The van der Waals surface area contributed by atoms with Crippen LogP contribution in [0.25, 0.3) is 0 Å². The van der Waals surface area contributed by atoms with Crippen molar-refractivity contribution in [2.45, 2.75) is 83.3 Å². The molecule has 4 heteroatoms. The van der Waals surface area contributed by atoms with Gasteiger partial charge in [-0.25, -0.2) is 0 Å². The SMILES string of the molecule is CCCCCC[C@@H](O)[C@@H](O)CCCCCC(=O)OC. The number of methoxy groups -OCH3 is 1. The third kappa shape index (κ3) is 11.0. The van der Waals surface area contributed by atoms with E-state index in [9.17, 15) is 15.0 Å². The first kappa shape index (κ1) is 18.4. The lowest BCUT2D eigenvalue weighted by molar-refractivity contribution is -0.140. The fraction of sp³-hybridized carbons (Fsp3) is 0.933. The van der Waals surface area contributed by atoms with Crippen LogP contribution >= 0.6 is 0 Å². The third-order valence-corrected chi connectivity index (χ3v) is 3.41. The number of carbonyl (C=O) groups is 1. The van der Waals surface area contributed by atoms with Crippen LogP contribution in [0.1, 0.15) is 71.1 Å². The van der Waals surface area contributed by atoms with E-state index in [0.717, 1.165) is 32.1 Å². The number of carbonyl (C=O) groups excluding carboxylic acids is 1. The quantitative estimate of drug-likeness (QED) is 0.424. The molecule has 2 N–H and O–H groups in total. The summed E-state index contributed by atoms with van der Waals surface area (Å²) < 4.78 is 4.55. The van der Waals surface area contributed by atoms with E-state index in [1.807, 2.05) is 0 Å². The molecule has 0 saturated heterocycles. The van der Waals surface area contributed by atoms with E-state index in [4.69, 9.17) is 0 Å². The standard InChI is InChI=1S/C15H30O4/c1-3-4-5-7-10-13(16)14(17)11-8-6-9-12-15(18)19-2/h13-14,16-17H,3-12H2,1-2H3/t13-,14+/m1/s1. The monoisotopic (exact) mass is 274 g/mol. The van der Waals surface area contributed by atoms with Crippen molar-refractivity contribution in [2.75, 3.05) is 7.11 Å². The largest absolute Gasteiger partial charge is 0.469 e. The average Bonchev–Trinajstić information content (AvgIpc) is 2.42. The van der Waals surface area contributed by atoms with Crippen molar-refractivity contribution in [3.8, 4) is 0 Å². The van der Waals surface area contributed by atoms with Gasteiger partial charge in [-0.1, -0.05) is 45.4 Å². The summed E-state index contributed by atoms with van der Waals surface area (Å²) >= 11 is 0. The Morgan fingerprint density at radius 3 is 1.95 bits per heavy atom. The van der Waals surface area contributed by atoms with E-state index in [0.29, 0.717) is 19.3 Å². The molecule has 0 aliphatic rings. The second-order valence-electron chi connectivity index (χ2n) is 5.16. The van der Waals surface area contributed by atoms with Gasteiger partial charge in [0.05, 0.1) is 19.3 Å². The highest BCUT2D eigenvalue weighted by atomic mass is 16.5. The number of unbranched alkanes of at least 4 members (excludes halogenated alkanes) is 5. The first-order valence-corrected chi connectivity index (χ1v) is 7.54. The molecule has 114 valence electrons. The van der Waals surface area contributed by atoms with Crippen molar-refractivity contribution < 1.29 is 19.7 Å². The molecule has 0 aromatic rings. The minimum Gasteiger partial charge on any atom is -0.469 e. The maximum atomic E-state index is 10.9. The van der Waals surface area contributed by atoms with Crippen molar-refractivity contribution >= 4 is 5.97 Å². The summed E-state index contributed by atoms with van der Waals surface area (Å²) in [6.07, 6.45) is 7.48. The summed E-state index contributed by atoms with van der Waals surface area (Å²) in [4.78, 5) is 10.9. The van der Waals surface area contributed by atoms with Crippen molar-refractivity contribution in [1.29, 1.82) is 0 Å². The van der Waals surface area contributed by atoms with Crippen LogP contribution in [0, 0.1) is 0 Å². The van der Waals surface area contributed by atoms with Crippen LogP contribution in [0.15, 0.2) is 0 Å². The Morgan fingerprint density at radius 2 is 1.47 bits per heavy atom. The predicted octanol–water partition coefficient (Wildman–Crippen LogP) is 2.80. The molecule has 0 unspecified atom stereocenters. The zero-order chi connectivity index (χ0) is 14.5. The molecule has 0 aromatic carbocycles. The first-order valence-electron chi connectivity index (χ1n) is 7.54. The number of hydrogen-bond donors (Lipinski definition) is 2. The van der Waals surface area contributed by atoms with Gasteiger partial charge >= 0.3 is 5.97 Å². The predicted molar refractivity (Wildman–Crippen MR) is 75.9 cm³/mol. The van der Waals surface area contributed by atoms with Gasteiger partial charge in [-0.3, -0.25) is 4.79 Å². The molecule has 0 spiro atoms. The lowest BCUT2D eigenvalue weighted by atomic mass is 10.0. The molecule has 0 fully saturated rings. The van der Waals surface area contributed by atoms with E-state index in [1.165, 1.54) is 20.0 Å². The summed E-state index contributed by atoms with van der Waals surface area (Å²) in [5.74, 6) is -0.184. The molecule has 0 bridgehead atoms. The molecule has 4 nitrogen and oxygen atoms in total. The Bertz CT molecular complexity index is 218. The highest BCUT2D eigenvalue weighted by Crippen LogP contribution is 2.13. The van der Waals surface area contributed by atoms with E-state index in [-0.39, 0.29) is 5.97 Å².